The van der Waals surface area contributed by atoms with Gasteiger partial charge in [-0.3, -0.25) is 0 Å². The highest BCUT2D eigenvalue weighted by Gasteiger charge is 2.14. The van der Waals surface area contributed by atoms with Gasteiger partial charge in [-0.2, -0.15) is 0 Å². The van der Waals surface area contributed by atoms with Gasteiger partial charge in [-0.15, -0.1) is 11.3 Å². The maximum atomic E-state index is 6.30. The molecule has 1 aliphatic heterocycles. The predicted octanol–water partition coefficient (Wildman–Crippen LogP) is 5.70. The number of piperidine rings is 1. The highest BCUT2D eigenvalue weighted by Crippen LogP contribution is 2.27. The Balaban J connectivity index is 1.40. The van der Waals surface area contributed by atoms with Gasteiger partial charge < -0.3 is 9.64 Å². The largest absolute Gasteiger partial charge is 0.373 e. The number of hydrogen-bond acceptors (Lipinski definition) is 3. The first-order valence-corrected chi connectivity index (χ1v) is 10.7. The minimum Gasteiger partial charge on any atom is -0.373 e. The Kier molecular flexibility index (Phi) is 8.01. The van der Waals surface area contributed by atoms with E-state index in [4.69, 9.17) is 4.74 Å². The Labute approximate surface area is 156 Å². The second-order valence-electron chi connectivity index (χ2n) is 7.01. The summed E-state index contributed by atoms with van der Waals surface area (Å²) in [7, 11) is 0. The standard InChI is InChI=1S/C22H31NOS/c1-3-10-20(11-4-1)12-7-13-21(22-14-8-19-25-22)24-18-9-17-23-15-5-2-6-16-23/h1,3-4,8,10-11,14,19,21H,2,5-7,9,12-13,15-18H2. The summed E-state index contributed by atoms with van der Waals surface area (Å²) in [5, 5.41) is 2.16. The normalized spacial score (nSPS) is 16.8. The van der Waals surface area contributed by atoms with E-state index in [1.54, 1.807) is 0 Å². The third-order valence-electron chi connectivity index (χ3n) is 5.02. The number of likely N-dealkylation sites (tertiary alicyclic amines) is 1. The van der Waals surface area contributed by atoms with E-state index >= 15 is 0 Å². The molecule has 0 bridgehead atoms. The first-order chi connectivity index (χ1) is 12.4. The van der Waals surface area contributed by atoms with Crippen LogP contribution in [0.3, 0.4) is 0 Å². The molecule has 0 saturated carbocycles. The molecule has 136 valence electrons. The molecule has 2 heterocycles. The summed E-state index contributed by atoms with van der Waals surface area (Å²) < 4.78 is 6.30. The summed E-state index contributed by atoms with van der Waals surface area (Å²) in [6, 6.07) is 15.2. The van der Waals surface area contributed by atoms with Gasteiger partial charge in [-0.25, -0.2) is 0 Å². The van der Waals surface area contributed by atoms with Crippen molar-refractivity contribution in [3.63, 3.8) is 0 Å². The molecule has 1 fully saturated rings. The van der Waals surface area contributed by atoms with E-state index in [9.17, 15) is 0 Å². The van der Waals surface area contributed by atoms with E-state index in [0.717, 1.165) is 25.9 Å². The number of rotatable bonds is 10. The van der Waals surface area contributed by atoms with Crippen molar-refractivity contribution >= 4 is 11.3 Å². The quantitative estimate of drug-likeness (QED) is 0.505. The van der Waals surface area contributed by atoms with Crippen LogP contribution in [-0.2, 0) is 11.2 Å². The average Bonchev–Trinajstić information content (AvgIpc) is 3.20. The second-order valence-corrected chi connectivity index (χ2v) is 7.99. The van der Waals surface area contributed by atoms with Crippen molar-refractivity contribution in [2.45, 2.75) is 51.0 Å². The van der Waals surface area contributed by atoms with Gasteiger partial charge in [0.25, 0.3) is 0 Å². The van der Waals surface area contributed by atoms with E-state index in [2.05, 4.69) is 52.7 Å². The Bertz CT molecular complexity index is 563. The molecular formula is C22H31NOS. The fraction of sp³-hybridized carbons (Fsp3) is 0.545. The molecule has 2 nitrogen and oxygen atoms in total. The van der Waals surface area contributed by atoms with Crippen molar-refractivity contribution < 1.29 is 4.74 Å². The van der Waals surface area contributed by atoms with E-state index in [1.807, 2.05) is 11.3 Å². The maximum absolute atomic E-state index is 6.30. The number of hydrogen-bond donors (Lipinski definition) is 0. The molecule has 25 heavy (non-hydrogen) atoms. The summed E-state index contributed by atoms with van der Waals surface area (Å²) in [5.41, 5.74) is 1.43. The summed E-state index contributed by atoms with van der Waals surface area (Å²) >= 11 is 1.83. The lowest BCUT2D eigenvalue weighted by molar-refractivity contribution is 0.0404. The molecule has 1 aromatic carbocycles. The number of thiophene rings is 1. The first-order valence-electron chi connectivity index (χ1n) is 9.83. The van der Waals surface area contributed by atoms with Crippen molar-refractivity contribution in [1.29, 1.82) is 0 Å². The lowest BCUT2D eigenvalue weighted by Crippen LogP contribution is -2.31. The molecule has 1 unspecified atom stereocenters. The topological polar surface area (TPSA) is 12.5 Å². The number of nitrogens with zero attached hydrogens (tertiary/aromatic N) is 1. The van der Waals surface area contributed by atoms with Crippen LogP contribution in [0.15, 0.2) is 47.8 Å². The second kappa shape index (κ2) is 10.7. The average molecular weight is 358 g/mol. The lowest BCUT2D eigenvalue weighted by Gasteiger charge is -2.26. The number of ether oxygens (including phenoxy) is 1. The van der Waals surface area contributed by atoms with Crippen molar-refractivity contribution in [3.05, 3.63) is 58.3 Å². The van der Waals surface area contributed by atoms with Crippen LogP contribution in [0.25, 0.3) is 0 Å². The summed E-state index contributed by atoms with van der Waals surface area (Å²) in [4.78, 5) is 3.98. The number of benzene rings is 1. The van der Waals surface area contributed by atoms with Crippen LogP contribution in [0.5, 0.6) is 0 Å². The van der Waals surface area contributed by atoms with Gasteiger partial charge >= 0.3 is 0 Å². The summed E-state index contributed by atoms with van der Waals surface area (Å²) in [6.07, 6.45) is 9.01. The van der Waals surface area contributed by atoms with Crippen LogP contribution in [0.4, 0.5) is 0 Å². The molecule has 1 atom stereocenters. The fourth-order valence-corrected chi connectivity index (χ4v) is 4.42. The van der Waals surface area contributed by atoms with Gasteiger partial charge in [-0.1, -0.05) is 42.8 Å². The Morgan fingerprint density at radius 2 is 1.80 bits per heavy atom. The molecule has 3 rings (SSSR count). The van der Waals surface area contributed by atoms with Crippen molar-refractivity contribution in [1.82, 2.24) is 4.90 Å². The van der Waals surface area contributed by atoms with Gasteiger partial charge in [0.2, 0.25) is 0 Å². The van der Waals surface area contributed by atoms with Crippen LogP contribution in [0, 0.1) is 0 Å². The van der Waals surface area contributed by atoms with Crippen molar-refractivity contribution in [3.8, 4) is 0 Å². The minimum absolute atomic E-state index is 0.269. The van der Waals surface area contributed by atoms with Crippen LogP contribution >= 0.6 is 11.3 Å². The molecule has 0 aliphatic carbocycles. The van der Waals surface area contributed by atoms with Crippen LogP contribution in [-0.4, -0.2) is 31.1 Å². The van der Waals surface area contributed by atoms with Gasteiger partial charge in [0.1, 0.15) is 0 Å². The zero-order valence-corrected chi connectivity index (χ0v) is 16.1. The van der Waals surface area contributed by atoms with Crippen LogP contribution in [0.1, 0.15) is 55.1 Å². The Morgan fingerprint density at radius 3 is 2.56 bits per heavy atom. The third-order valence-corrected chi connectivity index (χ3v) is 5.99. The lowest BCUT2D eigenvalue weighted by atomic mass is 10.1. The molecule has 2 aromatic rings. The predicted molar refractivity (Wildman–Crippen MR) is 107 cm³/mol. The third kappa shape index (κ3) is 6.58. The molecule has 0 N–H and O–H groups in total. The monoisotopic (exact) mass is 357 g/mol. The molecule has 1 aromatic heterocycles. The molecule has 0 spiro atoms. The molecule has 1 saturated heterocycles. The van der Waals surface area contributed by atoms with Crippen molar-refractivity contribution in [2.24, 2.45) is 0 Å². The highest BCUT2D eigenvalue weighted by molar-refractivity contribution is 7.10. The SMILES string of the molecule is c1ccc(CCCC(OCCCN2CCCCC2)c2cccs2)cc1. The van der Waals surface area contributed by atoms with E-state index < -0.39 is 0 Å². The van der Waals surface area contributed by atoms with Gasteiger partial charge in [-0.05, 0) is 68.6 Å². The smallest absolute Gasteiger partial charge is 0.0916 e. The van der Waals surface area contributed by atoms with Gasteiger partial charge in [0.15, 0.2) is 0 Å². The zero-order valence-electron chi connectivity index (χ0n) is 15.2. The van der Waals surface area contributed by atoms with E-state index in [1.165, 1.54) is 55.8 Å². The molecule has 0 amide bonds. The van der Waals surface area contributed by atoms with Gasteiger partial charge in [0, 0.05) is 18.0 Å². The zero-order chi connectivity index (χ0) is 17.2. The van der Waals surface area contributed by atoms with Crippen LogP contribution < -0.4 is 0 Å². The van der Waals surface area contributed by atoms with Gasteiger partial charge in [0.05, 0.1) is 6.10 Å². The van der Waals surface area contributed by atoms with E-state index in [-0.39, 0.29) is 6.10 Å². The molecular weight excluding hydrogens is 326 g/mol. The molecule has 3 heteroatoms. The summed E-state index contributed by atoms with van der Waals surface area (Å²) in [6.45, 7) is 4.64. The van der Waals surface area contributed by atoms with E-state index in [0.29, 0.717) is 0 Å². The Morgan fingerprint density at radius 1 is 0.960 bits per heavy atom. The van der Waals surface area contributed by atoms with Crippen LogP contribution in [0.2, 0.25) is 0 Å². The molecule has 0 radical (unpaired) electrons. The number of aryl methyl sites for hydroxylation is 1. The first kappa shape index (κ1) is 18.6. The Hall–Kier alpha value is -1.16. The minimum atomic E-state index is 0.269. The maximum Gasteiger partial charge on any atom is 0.0916 e. The summed E-state index contributed by atoms with van der Waals surface area (Å²) in [5.74, 6) is 0. The fourth-order valence-electron chi connectivity index (χ4n) is 3.62. The molecule has 1 aliphatic rings. The highest BCUT2D eigenvalue weighted by atomic mass is 32.1. The van der Waals surface area contributed by atoms with Crippen molar-refractivity contribution in [2.75, 3.05) is 26.2 Å².